The second-order valence-electron chi connectivity index (χ2n) is 5.41. The lowest BCUT2D eigenvalue weighted by atomic mass is 9.90. The number of aliphatic hydroxyl groups excluding tert-OH is 1. The fourth-order valence-corrected chi connectivity index (χ4v) is 1.86. The van der Waals surface area contributed by atoms with Crippen LogP contribution in [0.3, 0.4) is 0 Å². The highest BCUT2D eigenvalue weighted by Crippen LogP contribution is 2.18. The van der Waals surface area contributed by atoms with Gasteiger partial charge in [0.15, 0.2) is 0 Å². The Kier molecular flexibility index (Phi) is 5.41. The van der Waals surface area contributed by atoms with Gasteiger partial charge in [-0.1, -0.05) is 20.8 Å². The number of hydrogen-bond acceptors (Lipinski definition) is 2. The van der Waals surface area contributed by atoms with Gasteiger partial charge in [0.05, 0.1) is 0 Å². The van der Waals surface area contributed by atoms with E-state index in [4.69, 9.17) is 5.11 Å². The fourth-order valence-electron chi connectivity index (χ4n) is 1.86. The number of carbonyl (C=O) groups excluding carboxylic acids is 1. The Morgan fingerprint density at radius 3 is 2.83 bits per heavy atom. The van der Waals surface area contributed by atoms with E-state index in [1.54, 1.807) is 0 Å². The topological polar surface area (TPSA) is 54.3 Å². The largest absolute Gasteiger partial charge is 0.396 e. The van der Waals surface area contributed by atoms with E-state index in [9.17, 15) is 4.79 Å². The molecule has 0 aliphatic rings. The van der Waals surface area contributed by atoms with E-state index in [1.165, 1.54) is 0 Å². The molecule has 0 radical (unpaired) electrons. The van der Waals surface area contributed by atoms with Crippen molar-refractivity contribution in [2.24, 2.45) is 5.41 Å². The van der Waals surface area contributed by atoms with E-state index < -0.39 is 0 Å². The van der Waals surface area contributed by atoms with Gasteiger partial charge in [0.1, 0.15) is 5.69 Å². The third-order valence-corrected chi connectivity index (χ3v) is 3.04. The van der Waals surface area contributed by atoms with Gasteiger partial charge >= 0.3 is 0 Å². The van der Waals surface area contributed by atoms with Gasteiger partial charge in [0.25, 0.3) is 5.91 Å². The smallest absolute Gasteiger partial charge is 0.267 e. The molecule has 4 nitrogen and oxygen atoms in total. The van der Waals surface area contributed by atoms with Crippen molar-refractivity contribution < 1.29 is 9.90 Å². The zero-order valence-electron chi connectivity index (χ0n) is 11.6. The first-order valence-electron chi connectivity index (χ1n) is 6.54. The summed E-state index contributed by atoms with van der Waals surface area (Å²) in [6.45, 7) is 7.74. The lowest BCUT2D eigenvalue weighted by Crippen LogP contribution is -2.35. The molecule has 0 unspecified atom stereocenters. The minimum Gasteiger partial charge on any atom is -0.396 e. The normalized spacial score (nSPS) is 11.6. The molecule has 0 spiro atoms. The summed E-state index contributed by atoms with van der Waals surface area (Å²) in [7, 11) is 0. The van der Waals surface area contributed by atoms with Crippen molar-refractivity contribution in [3.8, 4) is 0 Å². The van der Waals surface area contributed by atoms with Gasteiger partial charge < -0.3 is 15.0 Å². The monoisotopic (exact) mass is 252 g/mol. The lowest BCUT2D eigenvalue weighted by Gasteiger charge is -2.24. The molecule has 0 aromatic carbocycles. The molecule has 0 aliphatic heterocycles. The predicted molar refractivity (Wildman–Crippen MR) is 72.5 cm³/mol. The van der Waals surface area contributed by atoms with E-state index in [2.05, 4.69) is 12.2 Å². The molecule has 102 valence electrons. The predicted octanol–water partition coefficient (Wildman–Crippen LogP) is 2.04. The Balaban J connectivity index is 2.57. The molecule has 1 aromatic heterocycles. The summed E-state index contributed by atoms with van der Waals surface area (Å²) in [5.74, 6) is -0.0422. The Bertz CT molecular complexity index is 383. The third-order valence-electron chi connectivity index (χ3n) is 3.04. The maximum atomic E-state index is 12.1. The molecular formula is C14H24N2O2. The first-order valence-corrected chi connectivity index (χ1v) is 6.54. The quantitative estimate of drug-likeness (QED) is 0.780. The van der Waals surface area contributed by atoms with Crippen LogP contribution in [0.1, 0.15) is 44.1 Å². The molecule has 0 atom stereocenters. The Morgan fingerprint density at radius 1 is 1.50 bits per heavy atom. The minimum atomic E-state index is -0.0768. The molecule has 1 rings (SSSR count). The number of aromatic nitrogens is 1. The molecule has 0 aliphatic carbocycles. The van der Waals surface area contributed by atoms with Crippen LogP contribution in [0.25, 0.3) is 0 Å². The van der Waals surface area contributed by atoms with Crippen LogP contribution >= 0.6 is 0 Å². The van der Waals surface area contributed by atoms with Gasteiger partial charge in [-0.15, -0.1) is 0 Å². The van der Waals surface area contributed by atoms with Crippen molar-refractivity contribution in [3.63, 3.8) is 0 Å². The summed E-state index contributed by atoms with van der Waals surface area (Å²) in [5.41, 5.74) is 0.628. The summed E-state index contributed by atoms with van der Waals surface area (Å²) in [6, 6.07) is 3.73. The van der Waals surface area contributed by atoms with Crippen molar-refractivity contribution in [3.05, 3.63) is 24.0 Å². The summed E-state index contributed by atoms with van der Waals surface area (Å²) >= 11 is 0. The SMILES string of the molecule is CCCn1cccc1C(=O)NCC(C)(C)CCO. The molecule has 1 amide bonds. The van der Waals surface area contributed by atoms with Crippen molar-refractivity contribution in [2.75, 3.05) is 13.2 Å². The summed E-state index contributed by atoms with van der Waals surface area (Å²) in [5, 5.41) is 11.9. The summed E-state index contributed by atoms with van der Waals surface area (Å²) in [6.07, 6.45) is 3.62. The van der Waals surface area contributed by atoms with Gasteiger partial charge in [-0.25, -0.2) is 0 Å². The van der Waals surface area contributed by atoms with Crippen LogP contribution < -0.4 is 5.32 Å². The number of rotatable bonds is 7. The molecule has 18 heavy (non-hydrogen) atoms. The molecule has 0 fully saturated rings. The van der Waals surface area contributed by atoms with E-state index in [-0.39, 0.29) is 17.9 Å². The van der Waals surface area contributed by atoms with Crippen LogP contribution in [0.4, 0.5) is 0 Å². The number of carbonyl (C=O) groups is 1. The van der Waals surface area contributed by atoms with Crippen LogP contribution in [0, 0.1) is 5.41 Å². The van der Waals surface area contributed by atoms with Crippen LogP contribution in [0.15, 0.2) is 18.3 Å². The van der Waals surface area contributed by atoms with Crippen LogP contribution in [0.2, 0.25) is 0 Å². The van der Waals surface area contributed by atoms with Crippen molar-refractivity contribution in [2.45, 2.75) is 40.2 Å². The number of nitrogens with zero attached hydrogens (tertiary/aromatic N) is 1. The average Bonchev–Trinajstić information content (AvgIpc) is 2.75. The first kappa shape index (κ1) is 14.8. The van der Waals surface area contributed by atoms with Crippen LogP contribution in [0.5, 0.6) is 0 Å². The maximum absolute atomic E-state index is 12.1. The van der Waals surface area contributed by atoms with Gasteiger partial charge in [-0.05, 0) is 30.4 Å². The highest BCUT2D eigenvalue weighted by atomic mass is 16.3. The first-order chi connectivity index (χ1) is 8.50. The standard InChI is InChI=1S/C14H24N2O2/c1-4-8-16-9-5-6-12(16)13(18)15-11-14(2,3)7-10-17/h5-6,9,17H,4,7-8,10-11H2,1-3H3,(H,15,18). The maximum Gasteiger partial charge on any atom is 0.267 e. The van der Waals surface area contributed by atoms with E-state index in [0.29, 0.717) is 18.7 Å². The number of aliphatic hydroxyl groups is 1. The van der Waals surface area contributed by atoms with E-state index >= 15 is 0 Å². The summed E-state index contributed by atoms with van der Waals surface area (Å²) < 4.78 is 1.97. The fraction of sp³-hybridized carbons (Fsp3) is 0.643. The third kappa shape index (κ3) is 4.18. The van der Waals surface area contributed by atoms with Crippen LogP contribution in [-0.2, 0) is 6.54 Å². The average molecular weight is 252 g/mol. The lowest BCUT2D eigenvalue weighted by molar-refractivity contribution is 0.0919. The summed E-state index contributed by atoms with van der Waals surface area (Å²) in [4.78, 5) is 12.1. The van der Waals surface area contributed by atoms with E-state index in [1.807, 2.05) is 36.7 Å². The number of nitrogens with one attached hydrogen (secondary N) is 1. The zero-order valence-corrected chi connectivity index (χ0v) is 11.6. The highest BCUT2D eigenvalue weighted by molar-refractivity contribution is 5.92. The van der Waals surface area contributed by atoms with Crippen LogP contribution in [-0.4, -0.2) is 28.7 Å². The number of aryl methyl sites for hydroxylation is 1. The Hall–Kier alpha value is -1.29. The Labute approximate surface area is 109 Å². The van der Waals surface area contributed by atoms with Crippen molar-refractivity contribution >= 4 is 5.91 Å². The van der Waals surface area contributed by atoms with Crippen molar-refractivity contribution in [1.29, 1.82) is 0 Å². The second-order valence-corrected chi connectivity index (χ2v) is 5.41. The highest BCUT2D eigenvalue weighted by Gasteiger charge is 2.19. The number of hydrogen-bond donors (Lipinski definition) is 2. The van der Waals surface area contributed by atoms with E-state index in [0.717, 1.165) is 13.0 Å². The molecule has 4 heteroatoms. The second kappa shape index (κ2) is 6.59. The number of amides is 1. The molecule has 2 N–H and O–H groups in total. The molecule has 0 bridgehead atoms. The molecule has 1 aromatic rings. The zero-order chi connectivity index (χ0) is 13.6. The Morgan fingerprint density at radius 2 is 2.22 bits per heavy atom. The van der Waals surface area contributed by atoms with Gasteiger partial charge in [-0.3, -0.25) is 4.79 Å². The molecule has 0 saturated carbocycles. The van der Waals surface area contributed by atoms with Gasteiger partial charge in [0.2, 0.25) is 0 Å². The molecule has 0 saturated heterocycles. The minimum absolute atomic E-state index is 0.0422. The van der Waals surface area contributed by atoms with Gasteiger partial charge in [0, 0.05) is 25.9 Å². The van der Waals surface area contributed by atoms with Crippen molar-refractivity contribution in [1.82, 2.24) is 9.88 Å². The molecule has 1 heterocycles. The van der Waals surface area contributed by atoms with Gasteiger partial charge in [-0.2, -0.15) is 0 Å². The molecular weight excluding hydrogens is 228 g/mol.